The summed E-state index contributed by atoms with van der Waals surface area (Å²) in [5.41, 5.74) is 0.674. The van der Waals surface area contributed by atoms with Crippen molar-refractivity contribution in [3.8, 4) is 0 Å². The summed E-state index contributed by atoms with van der Waals surface area (Å²) in [6.07, 6.45) is 4.93. The van der Waals surface area contributed by atoms with Crippen LogP contribution < -0.4 is 0 Å². The molecule has 0 spiro atoms. The molecule has 0 unspecified atom stereocenters. The fourth-order valence-electron chi connectivity index (χ4n) is 0.418. The Kier molecular flexibility index (Phi) is 1.28. The van der Waals surface area contributed by atoms with Crippen molar-refractivity contribution in [1.29, 1.82) is 0 Å². The second-order valence-electron chi connectivity index (χ2n) is 1.46. The third kappa shape index (κ3) is 0.710. The summed E-state index contributed by atoms with van der Waals surface area (Å²) >= 11 is 0. The first kappa shape index (κ1) is 5.28. The Bertz CT molecular complexity index is 171. The molecule has 0 saturated carbocycles. The molecule has 3 heteroatoms. The highest BCUT2D eigenvalue weighted by Crippen LogP contribution is 1.93. The highest BCUT2D eigenvalue weighted by atomic mass is 19.1. The summed E-state index contributed by atoms with van der Waals surface area (Å²) in [7, 11) is 0. The van der Waals surface area contributed by atoms with Crippen LogP contribution in [0.4, 0.5) is 4.39 Å². The zero-order chi connectivity index (χ0) is 5.98. The lowest BCUT2D eigenvalue weighted by atomic mass is 10.5. The Hall–Kier alpha value is -0.860. The van der Waals surface area contributed by atoms with Crippen LogP contribution in [0.2, 0.25) is 0 Å². The molecule has 0 bridgehead atoms. The molecule has 0 amide bonds. The quantitative estimate of drug-likeness (QED) is 0.523. The molecule has 1 heterocycles. The summed E-state index contributed by atoms with van der Waals surface area (Å²) < 4.78 is 12.9. The molecule has 0 N–H and O–H groups in total. The van der Waals surface area contributed by atoms with Crippen LogP contribution in [-0.4, -0.2) is 9.55 Å². The van der Waals surface area contributed by atoms with Gasteiger partial charge in [0, 0.05) is 5.69 Å². The Morgan fingerprint density at radius 1 is 1.88 bits per heavy atom. The van der Waals surface area contributed by atoms with E-state index < -0.39 is 6.80 Å². The molecule has 1 rings (SSSR count). The predicted octanol–water partition coefficient (Wildman–Crippen LogP) is 0.719. The molecule has 8 heavy (non-hydrogen) atoms. The number of hydrogen-bond donors (Lipinski definition) is 0. The standard InChI is InChI=1S/C5H5FN2/c1-5-2-7-4-8(5)3-6/h3H2,1H3. The molecule has 0 atom stereocenters. The van der Waals surface area contributed by atoms with Gasteiger partial charge < -0.3 is 0 Å². The molecule has 1 aromatic rings. The number of halogens is 1. The van der Waals surface area contributed by atoms with Gasteiger partial charge in [-0.05, 0) is 6.92 Å². The molecule has 2 radical (unpaired) electrons. The number of alkyl halides is 1. The van der Waals surface area contributed by atoms with Crippen molar-refractivity contribution in [2.75, 3.05) is 0 Å². The van der Waals surface area contributed by atoms with Gasteiger partial charge in [-0.15, -0.1) is 0 Å². The topological polar surface area (TPSA) is 17.8 Å². The van der Waals surface area contributed by atoms with Crippen LogP contribution >= 0.6 is 0 Å². The average molecular weight is 112 g/mol. The molecule has 0 saturated heterocycles. The van der Waals surface area contributed by atoms with Gasteiger partial charge in [-0.1, -0.05) is 0 Å². The van der Waals surface area contributed by atoms with E-state index in [-0.39, 0.29) is 0 Å². The van der Waals surface area contributed by atoms with E-state index in [4.69, 9.17) is 0 Å². The summed E-state index contributed by atoms with van der Waals surface area (Å²) in [5, 5.41) is 0. The molecule has 42 valence electrons. The maximum Gasteiger partial charge on any atom is 0.179 e. The largest absolute Gasteiger partial charge is 0.296 e. The third-order valence-electron chi connectivity index (χ3n) is 0.913. The molecule has 2 nitrogen and oxygen atoms in total. The summed E-state index contributed by atoms with van der Waals surface area (Å²) in [4.78, 5) is 3.47. The van der Waals surface area contributed by atoms with Crippen LogP contribution in [0.1, 0.15) is 5.69 Å². The molecule has 0 aliphatic carbocycles. The molecule has 0 aliphatic heterocycles. The van der Waals surface area contributed by atoms with Crippen LogP contribution in [0.3, 0.4) is 0 Å². The maximum atomic E-state index is 11.7. The lowest BCUT2D eigenvalue weighted by molar-refractivity contribution is 0.370. The van der Waals surface area contributed by atoms with Gasteiger partial charge >= 0.3 is 0 Å². The fraction of sp³-hybridized carbons (Fsp3) is 0.400. The first-order chi connectivity index (χ1) is 3.84. The smallest absolute Gasteiger partial charge is 0.179 e. The molecule has 0 aromatic carbocycles. The Balaban J connectivity index is 2.92. The number of hydrogen-bond acceptors (Lipinski definition) is 1. The summed E-state index contributed by atoms with van der Waals surface area (Å²) in [6, 6.07) is 0. The van der Waals surface area contributed by atoms with Gasteiger partial charge in [0.25, 0.3) is 0 Å². The lowest BCUT2D eigenvalue weighted by Crippen LogP contribution is -1.91. The molecule has 1 aromatic heterocycles. The predicted molar refractivity (Wildman–Crippen MR) is 25.7 cm³/mol. The zero-order valence-corrected chi connectivity index (χ0v) is 4.48. The van der Waals surface area contributed by atoms with Gasteiger partial charge in [0.15, 0.2) is 13.1 Å². The second-order valence-corrected chi connectivity index (χ2v) is 1.46. The number of imidazole rings is 1. The van der Waals surface area contributed by atoms with Crippen LogP contribution in [0.15, 0.2) is 0 Å². The van der Waals surface area contributed by atoms with Crippen molar-refractivity contribution in [3.63, 3.8) is 0 Å². The van der Waals surface area contributed by atoms with E-state index in [1.165, 1.54) is 4.57 Å². The van der Waals surface area contributed by atoms with Crippen molar-refractivity contribution >= 4 is 0 Å². The minimum Gasteiger partial charge on any atom is -0.296 e. The number of aryl methyl sites for hydroxylation is 1. The summed E-state index contributed by atoms with van der Waals surface area (Å²) in [6.45, 7) is 1.16. The van der Waals surface area contributed by atoms with E-state index in [1.54, 1.807) is 6.92 Å². The van der Waals surface area contributed by atoms with Crippen molar-refractivity contribution in [2.45, 2.75) is 13.7 Å². The van der Waals surface area contributed by atoms with E-state index in [0.29, 0.717) is 5.69 Å². The Morgan fingerprint density at radius 2 is 2.62 bits per heavy atom. The van der Waals surface area contributed by atoms with Crippen LogP contribution in [0.25, 0.3) is 0 Å². The Morgan fingerprint density at radius 3 is 2.88 bits per heavy atom. The van der Waals surface area contributed by atoms with Gasteiger partial charge in [-0.3, -0.25) is 4.57 Å². The minimum atomic E-state index is -0.567. The van der Waals surface area contributed by atoms with Gasteiger partial charge in [0.1, 0.15) is 6.20 Å². The first-order valence-corrected chi connectivity index (χ1v) is 2.23. The lowest BCUT2D eigenvalue weighted by Gasteiger charge is -1.91. The van der Waals surface area contributed by atoms with Gasteiger partial charge in [0.05, 0.1) is 0 Å². The van der Waals surface area contributed by atoms with Crippen molar-refractivity contribution < 1.29 is 4.39 Å². The zero-order valence-electron chi connectivity index (χ0n) is 4.48. The molecule has 0 fully saturated rings. The third-order valence-corrected chi connectivity index (χ3v) is 0.913. The van der Waals surface area contributed by atoms with Crippen LogP contribution in [-0.2, 0) is 6.80 Å². The van der Waals surface area contributed by atoms with Crippen molar-refractivity contribution in [2.24, 2.45) is 0 Å². The Labute approximate surface area is 47.0 Å². The second kappa shape index (κ2) is 1.94. The SMILES string of the molecule is Cc1[c]n[c]n1CF. The van der Waals surface area contributed by atoms with Gasteiger partial charge in [-0.2, -0.15) is 0 Å². The van der Waals surface area contributed by atoms with E-state index in [2.05, 4.69) is 17.5 Å². The highest BCUT2D eigenvalue weighted by molar-refractivity contribution is 4.89. The highest BCUT2D eigenvalue weighted by Gasteiger charge is 1.92. The maximum absolute atomic E-state index is 11.7. The van der Waals surface area contributed by atoms with E-state index in [1.807, 2.05) is 0 Å². The van der Waals surface area contributed by atoms with Crippen LogP contribution in [0.5, 0.6) is 0 Å². The normalized spacial score (nSPS) is 9.75. The minimum absolute atomic E-state index is 0.567. The molecular formula is C5H5FN2. The molecule has 0 aliphatic rings. The van der Waals surface area contributed by atoms with Crippen molar-refractivity contribution in [1.82, 2.24) is 9.55 Å². The van der Waals surface area contributed by atoms with E-state index in [0.717, 1.165) is 0 Å². The van der Waals surface area contributed by atoms with Gasteiger partial charge in [-0.25, -0.2) is 9.37 Å². The van der Waals surface area contributed by atoms with E-state index >= 15 is 0 Å². The summed E-state index contributed by atoms with van der Waals surface area (Å²) in [5.74, 6) is 0. The average Bonchev–Trinajstić information content (AvgIpc) is 2.14. The molecular weight excluding hydrogens is 107 g/mol. The first-order valence-electron chi connectivity index (χ1n) is 2.23. The van der Waals surface area contributed by atoms with Crippen LogP contribution in [0, 0.1) is 19.4 Å². The monoisotopic (exact) mass is 112 g/mol. The number of rotatable bonds is 1. The van der Waals surface area contributed by atoms with Crippen molar-refractivity contribution in [3.05, 3.63) is 18.2 Å². The van der Waals surface area contributed by atoms with E-state index in [9.17, 15) is 4.39 Å². The number of nitrogens with zero attached hydrogens (tertiary/aromatic N) is 2. The number of aromatic nitrogens is 2. The van der Waals surface area contributed by atoms with Gasteiger partial charge in [0.2, 0.25) is 0 Å². The fourth-order valence-corrected chi connectivity index (χ4v) is 0.418.